The van der Waals surface area contributed by atoms with Crippen molar-refractivity contribution < 1.29 is 27.5 Å². The van der Waals surface area contributed by atoms with Gasteiger partial charge in [-0.3, -0.25) is 14.4 Å². The van der Waals surface area contributed by atoms with E-state index in [1.54, 1.807) is 36.4 Å². The molecule has 0 aromatic heterocycles. The predicted octanol–water partition coefficient (Wildman–Crippen LogP) is 2.43. The van der Waals surface area contributed by atoms with Crippen LogP contribution in [0.3, 0.4) is 0 Å². The third kappa shape index (κ3) is 8.54. The van der Waals surface area contributed by atoms with Crippen molar-refractivity contribution in [2.75, 3.05) is 30.8 Å². The summed E-state index contributed by atoms with van der Waals surface area (Å²) in [7, 11) is -2.65. The molecule has 3 aromatic rings. The number of carbonyl (C=O) groups excluding carboxylic acids is 3. The molecule has 0 heterocycles. The van der Waals surface area contributed by atoms with Gasteiger partial charge in [0.2, 0.25) is 15.9 Å². The Hall–Kier alpha value is -4.55. The maximum absolute atomic E-state index is 12.7. The van der Waals surface area contributed by atoms with Crippen molar-refractivity contribution >= 4 is 45.3 Å². The maximum Gasteiger partial charge on any atom is 0.262 e. The van der Waals surface area contributed by atoms with Crippen LogP contribution >= 0.6 is 0 Å². The van der Waals surface area contributed by atoms with Crippen LogP contribution in [0.5, 0.6) is 5.75 Å². The Morgan fingerprint density at radius 2 is 1.50 bits per heavy atom. The van der Waals surface area contributed by atoms with E-state index in [2.05, 4.69) is 21.2 Å². The summed E-state index contributed by atoms with van der Waals surface area (Å²) in [6.07, 6.45) is 1.39. The first kappa shape index (κ1) is 28.0. The third-order valence-electron chi connectivity index (χ3n) is 4.96. The van der Waals surface area contributed by atoms with Gasteiger partial charge in [0.1, 0.15) is 5.75 Å². The second kappa shape index (κ2) is 13.1. The monoisotopic (exact) mass is 537 g/mol. The lowest BCUT2D eigenvalue weighted by Gasteiger charge is -2.16. The molecule has 0 aliphatic heterocycles. The zero-order valence-corrected chi connectivity index (χ0v) is 21.6. The van der Waals surface area contributed by atoms with E-state index in [1.165, 1.54) is 44.5 Å². The zero-order valence-electron chi connectivity index (χ0n) is 20.7. The summed E-state index contributed by atoms with van der Waals surface area (Å²) in [4.78, 5) is 35.2. The number of benzene rings is 3. The van der Waals surface area contributed by atoms with Crippen LogP contribution in [-0.4, -0.2) is 56.9 Å². The number of carbonyl (C=O) groups is 3. The number of sulfonamides is 1. The summed E-state index contributed by atoms with van der Waals surface area (Å²) in [6.45, 7) is 0.735. The van der Waals surface area contributed by atoms with Crippen LogP contribution in [0.4, 0.5) is 11.4 Å². The van der Waals surface area contributed by atoms with E-state index in [-0.39, 0.29) is 23.3 Å². The first-order valence-electron chi connectivity index (χ1n) is 11.4. The van der Waals surface area contributed by atoms with Gasteiger partial charge in [-0.15, -0.1) is 0 Å². The molecule has 3 rings (SSSR count). The van der Waals surface area contributed by atoms with E-state index in [0.717, 1.165) is 4.31 Å². The van der Waals surface area contributed by atoms with Crippen LogP contribution in [0, 0.1) is 0 Å². The van der Waals surface area contributed by atoms with Gasteiger partial charge in [0.25, 0.3) is 11.8 Å². The molecule has 0 atom stereocenters. The number of para-hydroxylation sites is 1. The Morgan fingerprint density at radius 1 is 0.868 bits per heavy atom. The smallest absolute Gasteiger partial charge is 0.262 e. The second-order valence-corrected chi connectivity index (χ2v) is 10.1. The van der Waals surface area contributed by atoms with Crippen LogP contribution in [0.2, 0.25) is 0 Å². The van der Waals surface area contributed by atoms with Crippen LogP contribution in [0.1, 0.15) is 12.5 Å². The summed E-state index contributed by atoms with van der Waals surface area (Å²) >= 11 is 0. The van der Waals surface area contributed by atoms with Gasteiger partial charge in [-0.1, -0.05) is 18.2 Å². The lowest BCUT2D eigenvalue weighted by molar-refractivity contribution is -0.121. The molecule has 0 fully saturated rings. The number of ether oxygens (including phenoxy) is 1. The molecule has 12 heteroatoms. The largest absolute Gasteiger partial charge is 0.484 e. The molecular formula is C26H27N5O6S. The van der Waals surface area contributed by atoms with Gasteiger partial charge in [0.05, 0.1) is 17.7 Å². The first-order chi connectivity index (χ1) is 18.1. The minimum atomic E-state index is -3.93. The fourth-order valence-corrected chi connectivity index (χ4v) is 4.24. The minimum Gasteiger partial charge on any atom is -0.484 e. The fourth-order valence-electron chi connectivity index (χ4n) is 3.11. The number of nitrogens with zero attached hydrogens (tertiary/aromatic N) is 2. The average Bonchev–Trinajstić information content (AvgIpc) is 2.89. The van der Waals surface area contributed by atoms with Crippen LogP contribution in [0.15, 0.2) is 88.9 Å². The van der Waals surface area contributed by atoms with Crippen molar-refractivity contribution in [2.24, 2.45) is 5.10 Å². The Labute approximate surface area is 220 Å². The van der Waals surface area contributed by atoms with E-state index in [0.29, 0.717) is 22.7 Å². The highest BCUT2D eigenvalue weighted by atomic mass is 32.2. The van der Waals surface area contributed by atoms with E-state index >= 15 is 0 Å². The summed E-state index contributed by atoms with van der Waals surface area (Å²) in [5.74, 6) is -0.723. The summed E-state index contributed by atoms with van der Waals surface area (Å²) in [6, 6.07) is 21.3. The quantitative estimate of drug-likeness (QED) is 0.253. The molecule has 0 aliphatic rings. The standard InChI is InChI=1S/C26H27N5O6S/c1-19(32)28-22-10-14-24(15-11-22)38(35,36)31(2)17-25(33)30-27-16-20-8-12-23(13-9-20)37-18-26(34)29-21-6-4-3-5-7-21/h3-16H,17-18H2,1-2H3,(H,28,32)(H,29,34)(H,30,33)/b27-16+. The second-order valence-electron chi connectivity index (χ2n) is 8.03. The van der Waals surface area contributed by atoms with E-state index < -0.39 is 22.5 Å². The molecule has 3 amide bonds. The highest BCUT2D eigenvalue weighted by Crippen LogP contribution is 2.17. The normalized spacial score (nSPS) is 11.2. The van der Waals surface area contributed by atoms with Gasteiger partial charge < -0.3 is 15.4 Å². The molecule has 198 valence electrons. The van der Waals surface area contributed by atoms with Crippen LogP contribution < -0.4 is 20.8 Å². The Kier molecular flexibility index (Phi) is 9.68. The molecule has 11 nitrogen and oxygen atoms in total. The number of amides is 3. The SMILES string of the molecule is CC(=O)Nc1ccc(S(=O)(=O)N(C)CC(=O)N/N=C/c2ccc(OCC(=O)Nc3ccccc3)cc2)cc1. The lowest BCUT2D eigenvalue weighted by Crippen LogP contribution is -2.36. The van der Waals surface area contributed by atoms with E-state index in [4.69, 9.17) is 4.74 Å². The van der Waals surface area contributed by atoms with Gasteiger partial charge in [-0.25, -0.2) is 13.8 Å². The molecule has 3 N–H and O–H groups in total. The topological polar surface area (TPSA) is 146 Å². The highest BCUT2D eigenvalue weighted by Gasteiger charge is 2.22. The molecule has 0 saturated carbocycles. The van der Waals surface area contributed by atoms with Crippen molar-refractivity contribution in [1.82, 2.24) is 9.73 Å². The van der Waals surface area contributed by atoms with Crippen molar-refractivity contribution in [3.05, 3.63) is 84.4 Å². The number of rotatable bonds is 11. The van der Waals surface area contributed by atoms with Gasteiger partial charge in [-0.2, -0.15) is 9.41 Å². The fraction of sp³-hybridized carbons (Fsp3) is 0.154. The molecule has 0 aliphatic carbocycles. The summed E-state index contributed by atoms with van der Waals surface area (Å²) in [5.41, 5.74) is 4.07. The number of nitrogens with one attached hydrogen (secondary N) is 3. The molecule has 0 spiro atoms. The molecule has 0 bridgehead atoms. The minimum absolute atomic E-state index is 0.0229. The number of likely N-dealkylation sites (N-methyl/N-ethyl adjacent to an activating group) is 1. The molecular weight excluding hydrogens is 510 g/mol. The molecule has 38 heavy (non-hydrogen) atoms. The number of anilines is 2. The van der Waals surface area contributed by atoms with Crippen molar-refractivity contribution in [3.8, 4) is 5.75 Å². The summed E-state index contributed by atoms with van der Waals surface area (Å²) < 4.78 is 31.8. The van der Waals surface area contributed by atoms with Crippen molar-refractivity contribution in [2.45, 2.75) is 11.8 Å². The highest BCUT2D eigenvalue weighted by molar-refractivity contribution is 7.89. The van der Waals surface area contributed by atoms with Gasteiger partial charge in [-0.05, 0) is 66.2 Å². The Bertz CT molecular complexity index is 1390. The third-order valence-corrected chi connectivity index (χ3v) is 6.78. The predicted molar refractivity (Wildman–Crippen MR) is 143 cm³/mol. The Morgan fingerprint density at radius 3 is 2.13 bits per heavy atom. The lowest BCUT2D eigenvalue weighted by atomic mass is 10.2. The summed E-state index contributed by atoms with van der Waals surface area (Å²) in [5, 5.41) is 9.12. The number of hydrazone groups is 1. The van der Waals surface area contributed by atoms with Crippen LogP contribution in [-0.2, 0) is 24.4 Å². The van der Waals surface area contributed by atoms with E-state index in [1.807, 2.05) is 18.2 Å². The van der Waals surface area contributed by atoms with Gasteiger partial charge in [0, 0.05) is 25.3 Å². The van der Waals surface area contributed by atoms with Gasteiger partial charge >= 0.3 is 0 Å². The van der Waals surface area contributed by atoms with Gasteiger partial charge in [0.15, 0.2) is 6.61 Å². The van der Waals surface area contributed by atoms with Crippen molar-refractivity contribution in [1.29, 1.82) is 0 Å². The van der Waals surface area contributed by atoms with Crippen LogP contribution in [0.25, 0.3) is 0 Å². The zero-order chi connectivity index (χ0) is 27.5. The molecule has 0 unspecified atom stereocenters. The molecule has 3 aromatic carbocycles. The first-order valence-corrected chi connectivity index (χ1v) is 12.8. The maximum atomic E-state index is 12.7. The van der Waals surface area contributed by atoms with E-state index in [9.17, 15) is 22.8 Å². The number of hydrogen-bond donors (Lipinski definition) is 3. The molecule has 0 saturated heterocycles. The van der Waals surface area contributed by atoms with Crippen molar-refractivity contribution in [3.63, 3.8) is 0 Å². The number of hydrogen-bond acceptors (Lipinski definition) is 7. The Balaban J connectivity index is 1.45. The average molecular weight is 538 g/mol. The molecule has 0 radical (unpaired) electrons.